The van der Waals surface area contributed by atoms with Crippen LogP contribution in [0.1, 0.15) is 44.6 Å². The molecular formula is C17H25NO2. The van der Waals surface area contributed by atoms with Gasteiger partial charge in [0.25, 0.3) is 0 Å². The number of aryl methyl sites for hydroxylation is 1. The molecule has 1 aliphatic rings. The molecule has 2 rings (SSSR count). The summed E-state index contributed by atoms with van der Waals surface area (Å²) in [6.07, 6.45) is 4.82. The molecule has 1 N–H and O–H groups in total. The first-order valence-corrected chi connectivity index (χ1v) is 7.62. The molecule has 2 unspecified atom stereocenters. The average molecular weight is 275 g/mol. The third kappa shape index (κ3) is 4.87. The van der Waals surface area contributed by atoms with Crippen molar-refractivity contribution in [3.8, 4) is 5.75 Å². The largest absolute Gasteiger partial charge is 0.494 e. The van der Waals surface area contributed by atoms with E-state index in [-0.39, 0.29) is 5.91 Å². The zero-order valence-corrected chi connectivity index (χ0v) is 12.5. The lowest BCUT2D eigenvalue weighted by Crippen LogP contribution is -2.32. The molecule has 3 nitrogen and oxygen atoms in total. The Morgan fingerprint density at radius 2 is 2.05 bits per heavy atom. The molecule has 1 aromatic rings. The summed E-state index contributed by atoms with van der Waals surface area (Å²) < 4.78 is 5.62. The van der Waals surface area contributed by atoms with Gasteiger partial charge in [0.1, 0.15) is 5.75 Å². The van der Waals surface area contributed by atoms with Gasteiger partial charge in [-0.25, -0.2) is 0 Å². The fourth-order valence-electron chi connectivity index (χ4n) is 2.70. The Morgan fingerprint density at radius 3 is 2.70 bits per heavy atom. The highest BCUT2D eigenvalue weighted by Crippen LogP contribution is 2.24. The van der Waals surface area contributed by atoms with Gasteiger partial charge in [-0.15, -0.1) is 0 Å². The Kier molecular flexibility index (Phi) is 5.45. The second-order valence-corrected chi connectivity index (χ2v) is 5.95. The molecule has 0 saturated heterocycles. The van der Waals surface area contributed by atoms with Gasteiger partial charge in [0.15, 0.2) is 0 Å². The molecule has 0 aliphatic heterocycles. The number of rotatable bonds is 6. The predicted molar refractivity (Wildman–Crippen MR) is 80.9 cm³/mol. The van der Waals surface area contributed by atoms with Gasteiger partial charge in [0.2, 0.25) is 5.91 Å². The molecule has 0 aromatic heterocycles. The first-order valence-electron chi connectivity index (χ1n) is 7.62. The van der Waals surface area contributed by atoms with E-state index in [4.69, 9.17) is 4.74 Å². The van der Waals surface area contributed by atoms with E-state index in [2.05, 4.69) is 19.2 Å². The molecule has 0 bridgehead atoms. The second-order valence-electron chi connectivity index (χ2n) is 5.95. The van der Waals surface area contributed by atoms with Crippen molar-refractivity contribution in [2.45, 2.75) is 52.0 Å². The zero-order valence-electron chi connectivity index (χ0n) is 12.5. The van der Waals surface area contributed by atoms with E-state index >= 15 is 0 Å². The van der Waals surface area contributed by atoms with E-state index in [1.807, 2.05) is 24.3 Å². The molecule has 1 aliphatic carbocycles. The van der Waals surface area contributed by atoms with Crippen LogP contribution in [0.2, 0.25) is 0 Å². The first kappa shape index (κ1) is 14.9. The minimum absolute atomic E-state index is 0.164. The Labute approximate surface area is 121 Å². The number of carbonyl (C=O) groups excluding carboxylic acids is 1. The molecule has 3 heteroatoms. The second kappa shape index (κ2) is 7.32. The Balaban J connectivity index is 1.58. The maximum atomic E-state index is 11.8. The van der Waals surface area contributed by atoms with Crippen LogP contribution in [-0.4, -0.2) is 18.6 Å². The number of hydrogen-bond donors (Lipinski definition) is 1. The molecule has 1 saturated carbocycles. The third-order valence-electron chi connectivity index (χ3n) is 3.90. The molecular weight excluding hydrogens is 250 g/mol. The Bertz CT molecular complexity index is 427. The van der Waals surface area contributed by atoms with E-state index in [0.29, 0.717) is 19.1 Å². The quantitative estimate of drug-likeness (QED) is 0.807. The summed E-state index contributed by atoms with van der Waals surface area (Å²) in [6, 6.07) is 8.40. The summed E-state index contributed by atoms with van der Waals surface area (Å²) in [4.78, 5) is 11.8. The van der Waals surface area contributed by atoms with Crippen molar-refractivity contribution < 1.29 is 9.53 Å². The number of benzene rings is 1. The molecule has 1 fully saturated rings. The van der Waals surface area contributed by atoms with Crippen LogP contribution >= 0.6 is 0 Å². The molecule has 1 amide bonds. The van der Waals surface area contributed by atoms with E-state index in [1.54, 1.807) is 0 Å². The summed E-state index contributed by atoms with van der Waals surface area (Å²) in [6.45, 7) is 4.90. The van der Waals surface area contributed by atoms with Gasteiger partial charge in [-0.3, -0.25) is 4.79 Å². The van der Waals surface area contributed by atoms with E-state index in [9.17, 15) is 4.79 Å². The van der Waals surface area contributed by atoms with Gasteiger partial charge in [0, 0.05) is 12.5 Å². The Morgan fingerprint density at radius 1 is 1.30 bits per heavy atom. The maximum Gasteiger partial charge on any atom is 0.220 e. The van der Waals surface area contributed by atoms with Gasteiger partial charge < -0.3 is 10.1 Å². The van der Waals surface area contributed by atoms with Crippen LogP contribution < -0.4 is 10.1 Å². The third-order valence-corrected chi connectivity index (χ3v) is 3.90. The summed E-state index contributed by atoms with van der Waals surface area (Å²) in [5.41, 5.74) is 1.22. The fraction of sp³-hybridized carbons (Fsp3) is 0.588. The van der Waals surface area contributed by atoms with E-state index < -0.39 is 0 Å². The van der Waals surface area contributed by atoms with E-state index in [1.165, 1.54) is 12.0 Å². The number of ether oxygens (including phenoxy) is 1. The lowest BCUT2D eigenvalue weighted by atomic mass is 10.1. The van der Waals surface area contributed by atoms with Crippen LogP contribution in [0.4, 0.5) is 0 Å². The van der Waals surface area contributed by atoms with Crippen molar-refractivity contribution in [2.24, 2.45) is 5.92 Å². The topological polar surface area (TPSA) is 38.3 Å². The van der Waals surface area contributed by atoms with Gasteiger partial charge in [-0.05, 0) is 50.7 Å². The average Bonchev–Trinajstić information content (AvgIpc) is 2.82. The lowest BCUT2D eigenvalue weighted by Gasteiger charge is -2.12. The minimum Gasteiger partial charge on any atom is -0.494 e. The van der Waals surface area contributed by atoms with Crippen molar-refractivity contribution in [3.05, 3.63) is 29.8 Å². The highest BCUT2D eigenvalue weighted by Gasteiger charge is 2.22. The SMILES string of the molecule is Cc1ccc(OCCCC(=O)NC2CCC(C)C2)cc1. The Hall–Kier alpha value is -1.51. The molecule has 1 aromatic carbocycles. The fourth-order valence-corrected chi connectivity index (χ4v) is 2.70. The van der Waals surface area contributed by atoms with Crippen LogP contribution in [0.3, 0.4) is 0 Å². The summed E-state index contributed by atoms with van der Waals surface area (Å²) in [5.74, 6) is 1.79. The van der Waals surface area contributed by atoms with Gasteiger partial charge >= 0.3 is 0 Å². The van der Waals surface area contributed by atoms with Gasteiger partial charge in [0.05, 0.1) is 6.61 Å². The molecule has 0 heterocycles. The molecule has 2 atom stereocenters. The van der Waals surface area contributed by atoms with Crippen LogP contribution in [0.15, 0.2) is 24.3 Å². The highest BCUT2D eigenvalue weighted by molar-refractivity contribution is 5.76. The maximum absolute atomic E-state index is 11.8. The van der Waals surface area contributed by atoms with Crippen LogP contribution in [0, 0.1) is 12.8 Å². The highest BCUT2D eigenvalue weighted by atomic mass is 16.5. The molecule has 0 spiro atoms. The number of carbonyl (C=O) groups is 1. The number of hydrogen-bond acceptors (Lipinski definition) is 2. The molecule has 20 heavy (non-hydrogen) atoms. The molecule has 0 radical (unpaired) electrons. The molecule has 110 valence electrons. The first-order chi connectivity index (χ1) is 9.63. The standard InChI is InChI=1S/C17H25NO2/c1-13-6-9-16(10-7-13)20-11-3-4-17(19)18-15-8-5-14(2)12-15/h6-7,9-10,14-15H,3-5,8,11-12H2,1-2H3,(H,18,19). The number of nitrogens with one attached hydrogen (secondary N) is 1. The monoisotopic (exact) mass is 275 g/mol. The smallest absolute Gasteiger partial charge is 0.220 e. The minimum atomic E-state index is 0.164. The summed E-state index contributed by atoms with van der Waals surface area (Å²) in [7, 11) is 0. The lowest BCUT2D eigenvalue weighted by molar-refractivity contribution is -0.122. The van der Waals surface area contributed by atoms with Crippen LogP contribution in [0.25, 0.3) is 0 Å². The predicted octanol–water partition coefficient (Wildman–Crippen LogP) is 3.46. The zero-order chi connectivity index (χ0) is 14.4. The van der Waals surface area contributed by atoms with Gasteiger partial charge in [-0.1, -0.05) is 24.6 Å². The van der Waals surface area contributed by atoms with E-state index in [0.717, 1.165) is 30.9 Å². The summed E-state index contributed by atoms with van der Waals surface area (Å²) >= 11 is 0. The van der Waals surface area contributed by atoms with Crippen LogP contribution in [0.5, 0.6) is 5.75 Å². The van der Waals surface area contributed by atoms with Crippen LogP contribution in [-0.2, 0) is 4.79 Å². The summed E-state index contributed by atoms with van der Waals surface area (Å²) in [5, 5.41) is 3.12. The number of amides is 1. The normalized spacial score (nSPS) is 21.7. The van der Waals surface area contributed by atoms with Crippen molar-refractivity contribution in [1.29, 1.82) is 0 Å². The van der Waals surface area contributed by atoms with Crippen molar-refractivity contribution in [3.63, 3.8) is 0 Å². The van der Waals surface area contributed by atoms with Crippen molar-refractivity contribution >= 4 is 5.91 Å². The van der Waals surface area contributed by atoms with Crippen molar-refractivity contribution in [2.75, 3.05) is 6.61 Å². The van der Waals surface area contributed by atoms with Gasteiger partial charge in [-0.2, -0.15) is 0 Å². The van der Waals surface area contributed by atoms with Crippen molar-refractivity contribution in [1.82, 2.24) is 5.32 Å².